The molecule has 1 aromatic heterocycles. The molecule has 1 N–H and O–H groups in total. The van der Waals surface area contributed by atoms with Crippen molar-refractivity contribution in [3.8, 4) is 5.75 Å². The van der Waals surface area contributed by atoms with Crippen LogP contribution in [0.1, 0.15) is 28.2 Å². The Kier molecular flexibility index (Phi) is 5.05. The number of nitrogens with zero attached hydrogens (tertiary/aromatic N) is 2. The van der Waals surface area contributed by atoms with Gasteiger partial charge in [-0.1, -0.05) is 12.1 Å². The number of sulfonamides is 1. The highest BCUT2D eigenvalue weighted by molar-refractivity contribution is 7.89. The number of hydrogen-bond donors (Lipinski definition) is 1. The van der Waals surface area contributed by atoms with Crippen LogP contribution in [0.2, 0.25) is 0 Å². The summed E-state index contributed by atoms with van der Waals surface area (Å²) in [5, 5.41) is 10.6. The van der Waals surface area contributed by atoms with Crippen molar-refractivity contribution in [1.29, 1.82) is 0 Å². The number of benzene rings is 2. The summed E-state index contributed by atoms with van der Waals surface area (Å²) in [6, 6.07) is 11.3. The van der Waals surface area contributed by atoms with Crippen LogP contribution < -0.4 is 0 Å². The smallest absolute Gasteiger partial charge is 0.342 e. The summed E-state index contributed by atoms with van der Waals surface area (Å²) in [5.41, 5.74) is 0.640. The van der Waals surface area contributed by atoms with Gasteiger partial charge in [-0.3, -0.25) is 0 Å². The monoisotopic (exact) mass is 418 g/mol. The van der Waals surface area contributed by atoms with Crippen molar-refractivity contribution in [2.75, 3.05) is 13.1 Å². The van der Waals surface area contributed by atoms with E-state index in [4.69, 9.17) is 4.74 Å². The van der Waals surface area contributed by atoms with Crippen LogP contribution >= 0.6 is 11.3 Å². The predicted molar refractivity (Wildman–Crippen MR) is 105 cm³/mol. The van der Waals surface area contributed by atoms with Crippen LogP contribution in [0.4, 0.5) is 0 Å². The third kappa shape index (κ3) is 3.60. The number of phenols is 1. The molecule has 28 heavy (non-hydrogen) atoms. The van der Waals surface area contributed by atoms with Crippen LogP contribution in [-0.4, -0.2) is 41.9 Å². The van der Waals surface area contributed by atoms with Crippen LogP contribution in [-0.2, 0) is 21.4 Å². The molecule has 0 saturated carbocycles. The minimum absolute atomic E-state index is 0.0286. The molecule has 0 aliphatic carbocycles. The number of carbonyl (C=O) groups is 1. The number of para-hydroxylation sites is 1. The number of aromatic nitrogens is 1. The van der Waals surface area contributed by atoms with Crippen LogP contribution in [0.25, 0.3) is 10.2 Å². The largest absolute Gasteiger partial charge is 0.507 e. The number of hydrogen-bond acceptors (Lipinski definition) is 7. The molecule has 0 unspecified atom stereocenters. The number of esters is 1. The Bertz CT molecular complexity index is 1100. The van der Waals surface area contributed by atoms with E-state index in [1.807, 2.05) is 24.3 Å². The molecule has 3 aromatic rings. The summed E-state index contributed by atoms with van der Waals surface area (Å²) >= 11 is 1.41. The zero-order valence-corrected chi connectivity index (χ0v) is 16.5. The van der Waals surface area contributed by atoms with Crippen molar-refractivity contribution in [3.63, 3.8) is 0 Å². The first-order chi connectivity index (χ1) is 13.4. The SMILES string of the molecule is O=C(OCc1nc2ccccc2s1)c1cc(S(=O)(=O)N2CCCC2)ccc1O. The van der Waals surface area contributed by atoms with Gasteiger partial charge >= 0.3 is 5.97 Å². The predicted octanol–water partition coefficient (Wildman–Crippen LogP) is 3.14. The first kappa shape index (κ1) is 18.9. The van der Waals surface area contributed by atoms with E-state index in [1.54, 1.807) is 0 Å². The lowest BCUT2D eigenvalue weighted by Gasteiger charge is -2.16. The standard InChI is InChI=1S/C19H18N2O5S2/c22-16-8-7-13(28(24,25)21-9-3-4-10-21)11-14(16)19(23)26-12-18-20-15-5-1-2-6-17(15)27-18/h1-2,5-8,11,22H,3-4,9-10,12H2. The lowest BCUT2D eigenvalue weighted by atomic mass is 10.2. The third-order valence-corrected chi connectivity index (χ3v) is 7.46. The second kappa shape index (κ2) is 7.50. The summed E-state index contributed by atoms with van der Waals surface area (Å²) in [6.07, 6.45) is 1.63. The average Bonchev–Trinajstić information content (AvgIpc) is 3.36. The molecule has 146 valence electrons. The van der Waals surface area contributed by atoms with Gasteiger partial charge in [0.2, 0.25) is 10.0 Å². The third-order valence-electron chi connectivity index (χ3n) is 4.56. The van der Waals surface area contributed by atoms with Gasteiger partial charge in [-0.2, -0.15) is 4.31 Å². The fraction of sp³-hybridized carbons (Fsp3) is 0.263. The molecule has 0 spiro atoms. The Balaban J connectivity index is 1.53. The molecule has 4 rings (SSSR count). The minimum atomic E-state index is -3.69. The lowest BCUT2D eigenvalue weighted by molar-refractivity contribution is 0.0469. The van der Waals surface area contributed by atoms with Crippen molar-refractivity contribution < 1.29 is 23.1 Å². The zero-order chi connectivity index (χ0) is 19.7. The molecule has 1 fully saturated rings. The molecular formula is C19H18N2O5S2. The van der Waals surface area contributed by atoms with Crippen molar-refractivity contribution in [1.82, 2.24) is 9.29 Å². The van der Waals surface area contributed by atoms with E-state index in [-0.39, 0.29) is 22.8 Å². The van der Waals surface area contributed by atoms with E-state index in [0.29, 0.717) is 18.1 Å². The average molecular weight is 418 g/mol. The van der Waals surface area contributed by atoms with E-state index in [0.717, 1.165) is 23.1 Å². The number of carbonyl (C=O) groups excluding carboxylic acids is 1. The maximum absolute atomic E-state index is 12.7. The number of fused-ring (bicyclic) bond motifs is 1. The van der Waals surface area contributed by atoms with E-state index in [1.165, 1.54) is 33.8 Å². The van der Waals surface area contributed by atoms with Crippen molar-refractivity contribution in [3.05, 3.63) is 53.0 Å². The quantitative estimate of drug-likeness (QED) is 0.640. The molecule has 0 bridgehead atoms. The summed E-state index contributed by atoms with van der Waals surface area (Å²) in [5.74, 6) is -1.12. The normalized spacial score (nSPS) is 15.1. The maximum Gasteiger partial charge on any atom is 0.342 e. The summed E-state index contributed by atoms with van der Waals surface area (Å²) < 4.78 is 33.0. The van der Waals surface area contributed by atoms with Gasteiger partial charge in [-0.25, -0.2) is 18.2 Å². The Morgan fingerprint density at radius 1 is 1.18 bits per heavy atom. The van der Waals surface area contributed by atoms with Gasteiger partial charge in [0.1, 0.15) is 22.9 Å². The van der Waals surface area contributed by atoms with Crippen LogP contribution in [0, 0.1) is 0 Å². The zero-order valence-electron chi connectivity index (χ0n) is 14.9. The van der Waals surface area contributed by atoms with Gasteiger partial charge in [0.15, 0.2) is 0 Å². The summed E-state index contributed by atoms with van der Waals surface area (Å²) in [6.45, 7) is 0.863. The first-order valence-electron chi connectivity index (χ1n) is 8.80. The van der Waals surface area contributed by atoms with E-state index in [9.17, 15) is 18.3 Å². The van der Waals surface area contributed by atoms with E-state index >= 15 is 0 Å². The Morgan fingerprint density at radius 3 is 2.68 bits per heavy atom. The highest BCUT2D eigenvalue weighted by Gasteiger charge is 2.28. The maximum atomic E-state index is 12.7. The number of aromatic hydroxyl groups is 1. The molecule has 2 heterocycles. The molecule has 1 saturated heterocycles. The highest BCUT2D eigenvalue weighted by Crippen LogP contribution is 2.27. The van der Waals surface area contributed by atoms with Crippen LogP contribution in [0.3, 0.4) is 0 Å². The van der Waals surface area contributed by atoms with Gasteiger partial charge in [-0.05, 0) is 43.2 Å². The van der Waals surface area contributed by atoms with Gasteiger partial charge < -0.3 is 9.84 Å². The second-order valence-corrected chi connectivity index (χ2v) is 9.49. The van der Waals surface area contributed by atoms with E-state index in [2.05, 4.69) is 4.98 Å². The van der Waals surface area contributed by atoms with Crippen molar-refractivity contribution >= 4 is 37.5 Å². The Labute approximate surface area is 166 Å². The molecule has 1 aliphatic rings. The van der Waals surface area contributed by atoms with Crippen molar-refractivity contribution in [2.24, 2.45) is 0 Å². The van der Waals surface area contributed by atoms with Gasteiger partial charge in [0.05, 0.1) is 15.1 Å². The minimum Gasteiger partial charge on any atom is -0.507 e. The van der Waals surface area contributed by atoms with Gasteiger partial charge in [0.25, 0.3) is 0 Å². The van der Waals surface area contributed by atoms with E-state index < -0.39 is 16.0 Å². The number of thiazole rings is 1. The topological polar surface area (TPSA) is 96.8 Å². The molecule has 9 heteroatoms. The molecule has 0 atom stereocenters. The lowest BCUT2D eigenvalue weighted by Crippen LogP contribution is -2.28. The Morgan fingerprint density at radius 2 is 1.93 bits per heavy atom. The van der Waals surface area contributed by atoms with Gasteiger partial charge in [0, 0.05) is 13.1 Å². The van der Waals surface area contributed by atoms with Crippen LogP contribution in [0.15, 0.2) is 47.4 Å². The van der Waals surface area contributed by atoms with Crippen LogP contribution in [0.5, 0.6) is 5.75 Å². The molecule has 2 aromatic carbocycles. The number of rotatable bonds is 5. The summed E-state index contributed by atoms with van der Waals surface area (Å²) in [4.78, 5) is 16.8. The molecule has 1 aliphatic heterocycles. The fourth-order valence-corrected chi connectivity index (χ4v) is 5.53. The molecule has 0 amide bonds. The highest BCUT2D eigenvalue weighted by atomic mass is 32.2. The van der Waals surface area contributed by atoms with Crippen molar-refractivity contribution in [2.45, 2.75) is 24.3 Å². The molecule has 7 nitrogen and oxygen atoms in total. The number of ether oxygens (including phenoxy) is 1. The second-order valence-electron chi connectivity index (χ2n) is 6.44. The first-order valence-corrected chi connectivity index (χ1v) is 11.1. The molecule has 0 radical (unpaired) electrons. The summed E-state index contributed by atoms with van der Waals surface area (Å²) in [7, 11) is -3.69. The fourth-order valence-electron chi connectivity index (χ4n) is 3.10. The Hall–Kier alpha value is -2.49. The number of phenolic OH excluding ortho intramolecular Hbond substituents is 1. The van der Waals surface area contributed by atoms with Gasteiger partial charge in [-0.15, -0.1) is 11.3 Å². The molecular weight excluding hydrogens is 400 g/mol.